The fraction of sp³-hybridized carbons (Fsp3) is 0.273. The minimum atomic E-state index is -0.196. The first-order chi connectivity index (χ1) is 12.4. The van der Waals surface area contributed by atoms with Crippen molar-refractivity contribution in [1.82, 2.24) is 9.55 Å². The van der Waals surface area contributed by atoms with E-state index in [0.717, 1.165) is 28.9 Å². The van der Waals surface area contributed by atoms with Crippen LogP contribution in [0.3, 0.4) is 0 Å². The molecule has 3 aromatic rings. The van der Waals surface area contributed by atoms with Crippen LogP contribution >= 0.6 is 0 Å². The summed E-state index contributed by atoms with van der Waals surface area (Å²) in [6.07, 6.45) is 0.870. The van der Waals surface area contributed by atoms with Crippen LogP contribution in [0.15, 0.2) is 41.2 Å². The number of anilines is 2. The van der Waals surface area contributed by atoms with Gasteiger partial charge in [-0.1, -0.05) is 23.8 Å². The zero-order chi connectivity index (χ0) is 18.4. The lowest BCUT2D eigenvalue weighted by Crippen LogP contribution is -2.28. The summed E-state index contributed by atoms with van der Waals surface area (Å²) >= 11 is 0. The Labute approximate surface area is 153 Å². The lowest BCUT2D eigenvalue weighted by Gasteiger charge is -2.23. The molecule has 132 valence electrons. The highest BCUT2D eigenvalue weighted by atomic mass is 16.1. The summed E-state index contributed by atoms with van der Waals surface area (Å²) in [6, 6.07) is 12.6. The van der Waals surface area contributed by atoms with Crippen LogP contribution in [-0.4, -0.2) is 9.55 Å². The van der Waals surface area contributed by atoms with E-state index in [4.69, 9.17) is 0 Å². The first-order valence-electron chi connectivity index (χ1n) is 8.99. The summed E-state index contributed by atoms with van der Waals surface area (Å²) in [6.45, 7) is 9.06. The highest BCUT2D eigenvalue weighted by Crippen LogP contribution is 2.32. The van der Waals surface area contributed by atoms with Crippen molar-refractivity contribution in [2.24, 2.45) is 0 Å². The molecule has 4 rings (SSSR count). The Morgan fingerprint density at radius 2 is 1.73 bits per heavy atom. The topological polar surface area (TPSA) is 46.9 Å². The van der Waals surface area contributed by atoms with Gasteiger partial charge in [0, 0.05) is 23.9 Å². The summed E-state index contributed by atoms with van der Waals surface area (Å²) in [5.41, 5.74) is 9.05. The molecule has 0 aliphatic carbocycles. The highest BCUT2D eigenvalue weighted by Gasteiger charge is 2.19. The van der Waals surface area contributed by atoms with E-state index in [1.165, 1.54) is 22.3 Å². The number of hydrogen-bond donors (Lipinski definition) is 1. The smallest absolute Gasteiger partial charge is 0.340 e. The van der Waals surface area contributed by atoms with Gasteiger partial charge in [-0.05, 0) is 68.5 Å². The lowest BCUT2D eigenvalue weighted by atomic mass is 9.93. The van der Waals surface area contributed by atoms with Gasteiger partial charge in [-0.25, -0.2) is 4.79 Å². The predicted octanol–water partition coefficient (Wildman–Crippen LogP) is 4.44. The number of benzene rings is 2. The maximum absolute atomic E-state index is 12.6. The molecule has 0 fully saturated rings. The third-order valence-corrected chi connectivity index (χ3v) is 5.26. The summed E-state index contributed by atoms with van der Waals surface area (Å²) in [5.74, 6) is 0.597. The van der Waals surface area contributed by atoms with Crippen LogP contribution < -0.4 is 11.0 Å². The van der Waals surface area contributed by atoms with Gasteiger partial charge in [0.25, 0.3) is 0 Å². The molecule has 2 heterocycles. The molecule has 1 aromatic heterocycles. The molecule has 4 heteroatoms. The Morgan fingerprint density at radius 3 is 2.50 bits per heavy atom. The summed E-state index contributed by atoms with van der Waals surface area (Å²) in [7, 11) is 0. The second kappa shape index (κ2) is 6.13. The molecule has 26 heavy (non-hydrogen) atoms. The zero-order valence-electron chi connectivity index (χ0n) is 15.7. The van der Waals surface area contributed by atoms with Crippen molar-refractivity contribution < 1.29 is 0 Å². The van der Waals surface area contributed by atoms with E-state index in [2.05, 4.69) is 62.3 Å². The van der Waals surface area contributed by atoms with Crippen molar-refractivity contribution in [3.63, 3.8) is 0 Å². The molecule has 0 bridgehead atoms. The quantitative estimate of drug-likeness (QED) is 0.747. The first-order valence-corrected chi connectivity index (χ1v) is 8.99. The summed E-state index contributed by atoms with van der Waals surface area (Å²) < 4.78 is 1.78. The van der Waals surface area contributed by atoms with E-state index >= 15 is 0 Å². The lowest BCUT2D eigenvalue weighted by molar-refractivity contribution is 0.641. The largest absolute Gasteiger partial charge is 0.350 e. The van der Waals surface area contributed by atoms with E-state index in [1.54, 1.807) is 4.57 Å². The normalized spacial score (nSPS) is 12.5. The van der Waals surface area contributed by atoms with Crippen molar-refractivity contribution in [3.8, 4) is 11.3 Å². The molecule has 1 N–H and O–H groups in total. The van der Waals surface area contributed by atoms with Crippen LogP contribution in [0, 0.1) is 27.7 Å². The van der Waals surface area contributed by atoms with Gasteiger partial charge in [0.1, 0.15) is 5.82 Å². The van der Waals surface area contributed by atoms with Gasteiger partial charge in [-0.15, -0.1) is 0 Å². The van der Waals surface area contributed by atoms with Crippen LogP contribution in [0.25, 0.3) is 11.3 Å². The molecule has 0 saturated carbocycles. The number of rotatable bonds is 2. The van der Waals surface area contributed by atoms with Crippen LogP contribution in [0.5, 0.6) is 0 Å². The van der Waals surface area contributed by atoms with Crippen LogP contribution in [0.1, 0.15) is 27.8 Å². The fourth-order valence-corrected chi connectivity index (χ4v) is 3.65. The maximum Gasteiger partial charge on any atom is 0.350 e. The fourth-order valence-electron chi connectivity index (χ4n) is 3.65. The number of aryl methyl sites for hydroxylation is 5. The number of aromatic nitrogens is 2. The second-order valence-electron chi connectivity index (χ2n) is 7.25. The average molecular weight is 345 g/mol. The molecule has 0 saturated heterocycles. The van der Waals surface area contributed by atoms with Gasteiger partial charge in [0.2, 0.25) is 0 Å². The maximum atomic E-state index is 12.6. The minimum Gasteiger partial charge on any atom is -0.340 e. The van der Waals surface area contributed by atoms with Gasteiger partial charge in [0.15, 0.2) is 0 Å². The number of nitrogens with zero attached hydrogens (tertiary/aromatic N) is 2. The van der Waals surface area contributed by atoms with Crippen LogP contribution in [0.2, 0.25) is 0 Å². The van der Waals surface area contributed by atoms with Crippen molar-refractivity contribution in [2.45, 2.75) is 40.7 Å². The van der Waals surface area contributed by atoms with Gasteiger partial charge in [-0.2, -0.15) is 4.98 Å². The Hall–Kier alpha value is -2.88. The Kier molecular flexibility index (Phi) is 3.91. The van der Waals surface area contributed by atoms with Crippen molar-refractivity contribution in [2.75, 3.05) is 5.32 Å². The van der Waals surface area contributed by atoms with E-state index in [1.807, 2.05) is 12.1 Å². The molecule has 0 amide bonds. The van der Waals surface area contributed by atoms with Crippen LogP contribution in [0.4, 0.5) is 11.5 Å². The predicted molar refractivity (Wildman–Crippen MR) is 106 cm³/mol. The number of fused-ring (bicyclic) bond motifs is 3. The van der Waals surface area contributed by atoms with E-state index in [9.17, 15) is 4.79 Å². The second-order valence-corrected chi connectivity index (χ2v) is 7.25. The highest BCUT2D eigenvalue weighted by molar-refractivity contribution is 5.71. The SMILES string of the molecule is Cc1ccc(Nc2cc3n(c(=O)n2)CCc2cc(C)c(C)cc2-3)c(C)c1. The molecule has 0 unspecified atom stereocenters. The molecular formula is C22H23N3O. The molecular weight excluding hydrogens is 322 g/mol. The van der Waals surface area contributed by atoms with Gasteiger partial charge >= 0.3 is 5.69 Å². The van der Waals surface area contributed by atoms with E-state index in [-0.39, 0.29) is 5.69 Å². The molecule has 4 nitrogen and oxygen atoms in total. The van der Waals surface area contributed by atoms with E-state index < -0.39 is 0 Å². The number of hydrogen-bond acceptors (Lipinski definition) is 3. The van der Waals surface area contributed by atoms with Crippen molar-refractivity contribution >= 4 is 11.5 Å². The van der Waals surface area contributed by atoms with Gasteiger partial charge in [0.05, 0.1) is 5.69 Å². The third-order valence-electron chi connectivity index (χ3n) is 5.26. The molecule has 2 aromatic carbocycles. The average Bonchev–Trinajstić information content (AvgIpc) is 2.59. The monoisotopic (exact) mass is 345 g/mol. The summed E-state index contributed by atoms with van der Waals surface area (Å²) in [4.78, 5) is 16.8. The third kappa shape index (κ3) is 2.81. The zero-order valence-corrected chi connectivity index (χ0v) is 15.7. The van der Waals surface area contributed by atoms with Crippen LogP contribution in [-0.2, 0) is 13.0 Å². The Morgan fingerprint density at radius 1 is 0.962 bits per heavy atom. The Balaban J connectivity index is 1.82. The van der Waals surface area contributed by atoms with Gasteiger partial charge in [-0.3, -0.25) is 4.57 Å². The molecule has 0 radical (unpaired) electrons. The van der Waals surface area contributed by atoms with E-state index in [0.29, 0.717) is 12.4 Å². The standard InChI is InChI=1S/C22H23N3O/c1-13-5-6-19(16(4)9-13)23-21-12-20-18-11-15(3)14(2)10-17(18)7-8-25(20)22(26)24-21/h5-6,9-12H,7-8H2,1-4H3,(H,23,24,26). The molecule has 1 aliphatic rings. The number of nitrogens with one attached hydrogen (secondary N) is 1. The van der Waals surface area contributed by atoms with Crippen molar-refractivity contribution in [1.29, 1.82) is 0 Å². The molecule has 1 aliphatic heterocycles. The first kappa shape index (κ1) is 16.6. The summed E-state index contributed by atoms with van der Waals surface area (Å²) in [5, 5.41) is 3.32. The van der Waals surface area contributed by atoms with Gasteiger partial charge < -0.3 is 5.32 Å². The Bertz CT molecular complexity index is 1080. The van der Waals surface area contributed by atoms with Crippen molar-refractivity contribution in [3.05, 3.63) is 74.7 Å². The molecule has 0 spiro atoms. The molecule has 0 atom stereocenters. The minimum absolute atomic E-state index is 0.196.